The van der Waals surface area contributed by atoms with E-state index >= 15 is 0 Å². The fourth-order valence-electron chi connectivity index (χ4n) is 4.28. The highest BCUT2D eigenvalue weighted by Crippen LogP contribution is 2.87. The minimum Gasteiger partial charge on any atom is -0.422 e. The normalized spacial score (nSPS) is 64.2. The first kappa shape index (κ1) is 8.25. The Labute approximate surface area is 79.3 Å². The van der Waals surface area contributed by atoms with Gasteiger partial charge in [0.25, 0.3) is 6.29 Å². The lowest BCUT2D eigenvalue weighted by molar-refractivity contribution is -0.186. The van der Waals surface area contributed by atoms with Crippen LogP contribution in [0.4, 0.5) is 0 Å². The van der Waals surface area contributed by atoms with Gasteiger partial charge >= 0.3 is 0 Å². The molecular weight excluding hydrogens is 164 g/mol. The maximum Gasteiger partial charge on any atom is 0.260 e. The molecule has 13 heavy (non-hydrogen) atoms. The summed E-state index contributed by atoms with van der Waals surface area (Å²) in [6.07, 6.45) is 2.61. The van der Waals surface area contributed by atoms with Crippen molar-refractivity contribution in [3.05, 3.63) is 0 Å². The summed E-state index contributed by atoms with van der Waals surface area (Å²) in [6, 6.07) is 0. The first-order valence-corrected chi connectivity index (χ1v) is 5.37. The van der Waals surface area contributed by atoms with E-state index in [9.17, 15) is 0 Å². The molecule has 3 fully saturated rings. The SMILES string of the molecule is CC([OH2+])OC1CC2C3CC1(C)C23C. The first-order valence-electron chi connectivity index (χ1n) is 5.37. The second-order valence-corrected chi connectivity index (χ2v) is 5.62. The second kappa shape index (κ2) is 1.96. The van der Waals surface area contributed by atoms with Crippen LogP contribution in [0, 0.1) is 22.7 Å². The number of hydrogen-bond donors (Lipinski definition) is 0. The highest BCUT2D eigenvalue weighted by atomic mass is 16.6. The maximum absolute atomic E-state index is 7.46. The van der Waals surface area contributed by atoms with Gasteiger partial charge in [0, 0.05) is 12.3 Å². The van der Waals surface area contributed by atoms with E-state index in [0.717, 1.165) is 11.8 Å². The standard InChI is InChI=1S/C11H18O2/c1-6(12)13-9-4-7-8-5-10(9,2)11(7,8)3/h6-9,12H,4-5H2,1-3H3/p+1. The van der Waals surface area contributed by atoms with Gasteiger partial charge in [-0.2, -0.15) is 0 Å². The molecule has 0 spiro atoms. The summed E-state index contributed by atoms with van der Waals surface area (Å²) in [4.78, 5) is 0. The van der Waals surface area contributed by atoms with Crippen LogP contribution in [-0.2, 0) is 4.74 Å². The Balaban J connectivity index is 1.80. The van der Waals surface area contributed by atoms with Crippen LogP contribution in [0.25, 0.3) is 0 Å². The zero-order valence-electron chi connectivity index (χ0n) is 8.63. The molecule has 0 aromatic heterocycles. The molecule has 2 nitrogen and oxygen atoms in total. The van der Waals surface area contributed by atoms with Crippen LogP contribution in [0.15, 0.2) is 0 Å². The summed E-state index contributed by atoms with van der Waals surface area (Å²) in [7, 11) is 0. The lowest BCUT2D eigenvalue weighted by Crippen LogP contribution is -2.47. The van der Waals surface area contributed by atoms with Crippen LogP contribution in [0.1, 0.15) is 33.6 Å². The highest BCUT2D eigenvalue weighted by molar-refractivity contribution is 5.32. The fraction of sp³-hybridized carbons (Fsp3) is 1.00. The van der Waals surface area contributed by atoms with E-state index in [1.165, 1.54) is 12.8 Å². The smallest absolute Gasteiger partial charge is 0.260 e. The molecule has 0 amide bonds. The van der Waals surface area contributed by atoms with Crippen molar-refractivity contribution in [3.8, 4) is 0 Å². The Bertz CT molecular complexity index is 261. The molecule has 0 saturated heterocycles. The monoisotopic (exact) mass is 183 g/mol. The molecule has 0 aromatic carbocycles. The zero-order chi connectivity index (χ0) is 9.43. The van der Waals surface area contributed by atoms with Crippen LogP contribution < -0.4 is 0 Å². The topological polar surface area (TPSA) is 32.1 Å². The van der Waals surface area contributed by atoms with E-state index in [1.54, 1.807) is 0 Å². The minimum absolute atomic E-state index is 0.345. The quantitative estimate of drug-likeness (QED) is 0.471. The Morgan fingerprint density at radius 3 is 2.46 bits per heavy atom. The van der Waals surface area contributed by atoms with Gasteiger partial charge < -0.3 is 9.84 Å². The van der Waals surface area contributed by atoms with Crippen molar-refractivity contribution in [1.82, 2.24) is 0 Å². The van der Waals surface area contributed by atoms with Gasteiger partial charge in [-0.05, 0) is 30.1 Å². The van der Waals surface area contributed by atoms with Gasteiger partial charge in [-0.15, -0.1) is 0 Å². The van der Waals surface area contributed by atoms with Crippen molar-refractivity contribution in [3.63, 3.8) is 0 Å². The van der Waals surface area contributed by atoms with E-state index < -0.39 is 0 Å². The zero-order valence-corrected chi connectivity index (χ0v) is 8.63. The van der Waals surface area contributed by atoms with Crippen LogP contribution in [-0.4, -0.2) is 17.5 Å². The molecule has 0 bridgehead atoms. The van der Waals surface area contributed by atoms with Gasteiger partial charge in [-0.25, -0.2) is 0 Å². The Morgan fingerprint density at radius 2 is 2.08 bits per heavy atom. The summed E-state index contributed by atoms with van der Waals surface area (Å²) in [5.74, 6) is 1.94. The molecule has 3 aliphatic rings. The molecular formula is C11H19O2+. The number of rotatable bonds is 2. The Hall–Kier alpha value is -0.0800. The first-order chi connectivity index (χ1) is 6.00. The molecule has 3 rings (SSSR count). The maximum atomic E-state index is 7.46. The van der Waals surface area contributed by atoms with Crippen LogP contribution >= 0.6 is 0 Å². The van der Waals surface area contributed by atoms with Crippen LogP contribution in [0.5, 0.6) is 0 Å². The molecule has 0 aliphatic heterocycles. The third kappa shape index (κ3) is 0.668. The van der Waals surface area contributed by atoms with Crippen molar-refractivity contribution in [2.45, 2.75) is 46.0 Å². The predicted molar refractivity (Wildman–Crippen MR) is 50.4 cm³/mol. The molecule has 3 saturated carbocycles. The Morgan fingerprint density at radius 1 is 1.38 bits per heavy atom. The molecule has 2 heteroatoms. The third-order valence-corrected chi connectivity index (χ3v) is 5.34. The lowest BCUT2D eigenvalue weighted by Gasteiger charge is -2.48. The molecule has 6 unspecified atom stereocenters. The lowest BCUT2D eigenvalue weighted by atomic mass is 9.59. The number of fused-ring (bicyclic) bond motifs is 1. The molecule has 2 N–H and O–H groups in total. The van der Waals surface area contributed by atoms with Crippen molar-refractivity contribution < 1.29 is 9.84 Å². The van der Waals surface area contributed by atoms with E-state index in [1.807, 2.05) is 6.92 Å². The molecule has 74 valence electrons. The average molecular weight is 183 g/mol. The van der Waals surface area contributed by atoms with Crippen molar-refractivity contribution in [2.75, 3.05) is 0 Å². The largest absolute Gasteiger partial charge is 0.422 e. The summed E-state index contributed by atoms with van der Waals surface area (Å²) < 4.78 is 5.70. The van der Waals surface area contributed by atoms with Gasteiger partial charge in [0.1, 0.15) is 0 Å². The molecule has 3 aliphatic carbocycles. The number of hydrogen-bond acceptors (Lipinski definition) is 1. The van der Waals surface area contributed by atoms with E-state index in [2.05, 4.69) is 13.8 Å². The summed E-state index contributed by atoms with van der Waals surface area (Å²) in [5, 5.41) is 7.46. The summed E-state index contributed by atoms with van der Waals surface area (Å²) in [5.41, 5.74) is 1.02. The minimum atomic E-state index is -0.345. The van der Waals surface area contributed by atoms with Gasteiger partial charge in [-0.1, -0.05) is 13.8 Å². The van der Waals surface area contributed by atoms with Crippen molar-refractivity contribution in [2.24, 2.45) is 22.7 Å². The van der Waals surface area contributed by atoms with Crippen LogP contribution in [0.2, 0.25) is 0 Å². The Kier molecular flexibility index (Phi) is 1.24. The number of ether oxygens (including phenoxy) is 1. The molecule has 0 radical (unpaired) electrons. The van der Waals surface area contributed by atoms with Gasteiger partial charge in [-0.3, -0.25) is 0 Å². The van der Waals surface area contributed by atoms with Crippen molar-refractivity contribution >= 4 is 0 Å². The van der Waals surface area contributed by atoms with Crippen LogP contribution in [0.3, 0.4) is 0 Å². The van der Waals surface area contributed by atoms with E-state index in [0.29, 0.717) is 16.9 Å². The summed E-state index contributed by atoms with van der Waals surface area (Å²) in [6.45, 7) is 6.61. The van der Waals surface area contributed by atoms with E-state index in [4.69, 9.17) is 9.84 Å². The van der Waals surface area contributed by atoms with E-state index in [-0.39, 0.29) is 6.29 Å². The second-order valence-electron chi connectivity index (χ2n) is 5.62. The fourth-order valence-corrected chi connectivity index (χ4v) is 4.28. The average Bonchev–Trinajstić information content (AvgIpc) is 2.44. The summed E-state index contributed by atoms with van der Waals surface area (Å²) >= 11 is 0. The van der Waals surface area contributed by atoms with Gasteiger partial charge in [0.2, 0.25) is 0 Å². The van der Waals surface area contributed by atoms with Gasteiger partial charge in [0.05, 0.1) is 6.10 Å². The highest BCUT2D eigenvalue weighted by Gasteiger charge is 2.84. The molecule has 0 heterocycles. The molecule has 6 atom stereocenters. The predicted octanol–water partition coefficient (Wildman–Crippen LogP) is 1.51. The van der Waals surface area contributed by atoms with Gasteiger partial charge in [0.15, 0.2) is 0 Å². The van der Waals surface area contributed by atoms with Crippen molar-refractivity contribution in [1.29, 1.82) is 0 Å². The molecule has 0 aromatic rings. The third-order valence-electron chi connectivity index (χ3n) is 5.34.